The zero-order valence-corrected chi connectivity index (χ0v) is 21.0. The van der Waals surface area contributed by atoms with Crippen LogP contribution in [0.2, 0.25) is 10.0 Å². The van der Waals surface area contributed by atoms with Crippen molar-refractivity contribution in [2.45, 2.75) is 70.1 Å². The quantitative estimate of drug-likeness (QED) is 0.457. The number of piperidine rings is 1. The zero-order chi connectivity index (χ0) is 24.6. The molecule has 1 amide bonds. The first-order chi connectivity index (χ1) is 16.1. The van der Waals surface area contributed by atoms with E-state index in [-0.39, 0.29) is 36.2 Å². The second-order valence-corrected chi connectivity index (χ2v) is 10.9. The molecule has 2 fully saturated rings. The first-order valence-corrected chi connectivity index (χ1v) is 12.6. The van der Waals surface area contributed by atoms with Crippen molar-refractivity contribution >= 4 is 35.1 Å². The van der Waals surface area contributed by atoms with Gasteiger partial charge in [-0.05, 0) is 67.0 Å². The van der Waals surface area contributed by atoms with Crippen LogP contribution in [0.3, 0.4) is 0 Å². The molecule has 5 nitrogen and oxygen atoms in total. The van der Waals surface area contributed by atoms with Crippen molar-refractivity contribution in [1.29, 1.82) is 0 Å². The molecule has 0 spiro atoms. The van der Waals surface area contributed by atoms with Gasteiger partial charge in [-0.3, -0.25) is 9.59 Å². The third-order valence-electron chi connectivity index (χ3n) is 7.37. The summed E-state index contributed by atoms with van der Waals surface area (Å²) >= 11 is 12.5. The van der Waals surface area contributed by atoms with Gasteiger partial charge in [0.2, 0.25) is 5.91 Å². The number of aliphatic hydroxyl groups is 1. The van der Waals surface area contributed by atoms with E-state index in [1.54, 1.807) is 13.0 Å². The highest BCUT2D eigenvalue weighted by atomic mass is 35.5. The van der Waals surface area contributed by atoms with Crippen LogP contribution in [0.1, 0.15) is 69.0 Å². The number of carbonyl (C=O) groups excluding carboxylic acids is 1. The van der Waals surface area contributed by atoms with Gasteiger partial charge in [0.15, 0.2) is 0 Å². The Hall–Kier alpha value is -2.08. The molecule has 1 saturated heterocycles. The van der Waals surface area contributed by atoms with Gasteiger partial charge in [-0.25, -0.2) is 0 Å². The number of hydrogen-bond acceptors (Lipinski definition) is 3. The number of nitrogens with zero attached hydrogens (tertiary/aromatic N) is 1. The van der Waals surface area contributed by atoms with Gasteiger partial charge in [-0.1, -0.05) is 61.3 Å². The molecule has 7 heteroatoms. The van der Waals surface area contributed by atoms with Crippen molar-refractivity contribution in [1.82, 2.24) is 4.90 Å². The maximum Gasteiger partial charge on any atom is 0.304 e. The van der Waals surface area contributed by atoms with Gasteiger partial charge in [0.25, 0.3) is 0 Å². The lowest BCUT2D eigenvalue weighted by Crippen LogP contribution is -2.59. The summed E-state index contributed by atoms with van der Waals surface area (Å²) in [6.45, 7) is 3.66. The Morgan fingerprint density at radius 3 is 2.35 bits per heavy atom. The molecular formula is C27H31Cl2NO4. The van der Waals surface area contributed by atoms with Crippen LogP contribution in [-0.2, 0) is 9.59 Å². The second-order valence-electron chi connectivity index (χ2n) is 10.0. The number of hydrogen-bond donors (Lipinski definition) is 2. The second kappa shape index (κ2) is 9.88. The Morgan fingerprint density at radius 2 is 1.79 bits per heavy atom. The molecule has 1 aliphatic heterocycles. The number of amides is 1. The average Bonchev–Trinajstić information content (AvgIpc) is 3.62. The molecule has 4 rings (SSSR count). The van der Waals surface area contributed by atoms with Gasteiger partial charge in [0, 0.05) is 16.0 Å². The van der Waals surface area contributed by atoms with Crippen LogP contribution in [0.25, 0.3) is 0 Å². The van der Waals surface area contributed by atoms with Crippen LogP contribution in [0.4, 0.5) is 0 Å². The number of carbonyl (C=O) groups is 2. The largest absolute Gasteiger partial charge is 0.481 e. The molecule has 2 aromatic rings. The summed E-state index contributed by atoms with van der Waals surface area (Å²) in [4.78, 5) is 27.9. The number of carboxylic acid groups (broad SMARTS) is 1. The maximum absolute atomic E-state index is 14.2. The van der Waals surface area contributed by atoms with Crippen LogP contribution in [-0.4, -0.2) is 39.1 Å². The van der Waals surface area contributed by atoms with Gasteiger partial charge in [-0.2, -0.15) is 0 Å². The van der Waals surface area contributed by atoms with E-state index >= 15 is 0 Å². The molecule has 1 saturated carbocycles. The first kappa shape index (κ1) is 25.0. The lowest BCUT2D eigenvalue weighted by atomic mass is 9.66. The van der Waals surface area contributed by atoms with Crippen molar-refractivity contribution in [2.24, 2.45) is 11.3 Å². The van der Waals surface area contributed by atoms with Crippen LogP contribution in [0.15, 0.2) is 48.5 Å². The standard InChI is InChI=1S/C27H31Cl2NO4/c1-3-22(31)25(17-7-8-17)30-24(16-9-11-19(28)12-10-16)21(18-5-4-6-20(29)13-18)14-27(2,26(30)34)15-23(32)33/h4-6,9-13,17,21-22,24-25,31H,3,7-8,14-15H2,1-2H3,(H,32,33)/t21?,22-,24-,25?,27-/m1/s1. The molecule has 1 aliphatic carbocycles. The van der Waals surface area contributed by atoms with Gasteiger partial charge in [0.1, 0.15) is 0 Å². The highest BCUT2D eigenvalue weighted by Gasteiger charge is 2.55. The van der Waals surface area contributed by atoms with Crippen molar-refractivity contribution < 1.29 is 19.8 Å². The summed E-state index contributed by atoms with van der Waals surface area (Å²) in [6, 6.07) is 14.3. The summed E-state index contributed by atoms with van der Waals surface area (Å²) in [6.07, 6.45) is 1.79. The number of benzene rings is 2. The molecule has 5 atom stereocenters. The summed E-state index contributed by atoms with van der Waals surface area (Å²) < 4.78 is 0. The Balaban J connectivity index is 1.92. The third-order valence-corrected chi connectivity index (χ3v) is 7.86. The molecule has 34 heavy (non-hydrogen) atoms. The molecule has 2 unspecified atom stereocenters. The van der Waals surface area contributed by atoms with Gasteiger partial charge < -0.3 is 15.1 Å². The van der Waals surface area contributed by atoms with E-state index < -0.39 is 17.5 Å². The van der Waals surface area contributed by atoms with Crippen molar-refractivity contribution in [3.63, 3.8) is 0 Å². The number of likely N-dealkylation sites (tertiary alicyclic amines) is 1. The number of aliphatic hydroxyl groups excluding tert-OH is 1. The smallest absolute Gasteiger partial charge is 0.304 e. The molecule has 0 radical (unpaired) electrons. The average molecular weight is 504 g/mol. The lowest BCUT2D eigenvalue weighted by Gasteiger charge is -2.53. The third kappa shape index (κ3) is 4.98. The predicted octanol–water partition coefficient (Wildman–Crippen LogP) is 6.08. The lowest BCUT2D eigenvalue weighted by molar-refractivity contribution is -0.164. The molecular weight excluding hydrogens is 473 g/mol. The molecule has 2 aromatic carbocycles. The molecule has 2 aliphatic rings. The van der Waals surface area contributed by atoms with Crippen LogP contribution in [0, 0.1) is 11.3 Å². The highest BCUT2D eigenvalue weighted by Crippen LogP contribution is 2.54. The Labute approximate surface area is 210 Å². The fraction of sp³-hybridized carbons (Fsp3) is 0.481. The van der Waals surface area contributed by atoms with E-state index in [0.717, 1.165) is 24.0 Å². The topological polar surface area (TPSA) is 77.8 Å². The Bertz CT molecular complexity index is 1050. The maximum atomic E-state index is 14.2. The molecule has 0 aromatic heterocycles. The summed E-state index contributed by atoms with van der Waals surface area (Å²) in [7, 11) is 0. The zero-order valence-electron chi connectivity index (χ0n) is 19.5. The number of halogens is 2. The highest BCUT2D eigenvalue weighted by molar-refractivity contribution is 6.30. The van der Waals surface area contributed by atoms with E-state index in [9.17, 15) is 19.8 Å². The SMILES string of the molecule is CC[C@@H](O)C(C1CC1)N1C(=O)[C@@](C)(CC(=O)O)CC(c2cccc(Cl)c2)[C@H]1c1ccc(Cl)cc1. The van der Waals surface area contributed by atoms with Crippen molar-refractivity contribution in [2.75, 3.05) is 0 Å². The monoisotopic (exact) mass is 503 g/mol. The predicted molar refractivity (Wildman–Crippen MR) is 133 cm³/mol. The fourth-order valence-corrected chi connectivity index (χ4v) is 5.94. The molecule has 0 bridgehead atoms. The Morgan fingerprint density at radius 1 is 1.12 bits per heavy atom. The Kier molecular flexibility index (Phi) is 7.28. The van der Waals surface area contributed by atoms with Gasteiger partial charge in [0.05, 0.1) is 30.0 Å². The van der Waals surface area contributed by atoms with E-state index in [1.807, 2.05) is 54.3 Å². The van der Waals surface area contributed by atoms with Crippen molar-refractivity contribution in [3.8, 4) is 0 Å². The van der Waals surface area contributed by atoms with Gasteiger partial charge >= 0.3 is 5.97 Å². The summed E-state index contributed by atoms with van der Waals surface area (Å²) in [5, 5.41) is 22.0. The fourth-order valence-electron chi connectivity index (χ4n) is 5.61. The molecule has 2 N–H and O–H groups in total. The number of rotatable bonds is 8. The van der Waals surface area contributed by atoms with Gasteiger partial charge in [-0.15, -0.1) is 0 Å². The van der Waals surface area contributed by atoms with Crippen molar-refractivity contribution in [3.05, 3.63) is 69.7 Å². The van der Waals surface area contributed by atoms with E-state index in [2.05, 4.69) is 0 Å². The minimum Gasteiger partial charge on any atom is -0.481 e. The first-order valence-electron chi connectivity index (χ1n) is 11.9. The number of aliphatic carboxylic acids is 1. The van der Waals surface area contributed by atoms with E-state index in [0.29, 0.717) is 22.9 Å². The minimum atomic E-state index is -1.11. The minimum absolute atomic E-state index is 0.195. The van der Waals surface area contributed by atoms with E-state index in [1.165, 1.54) is 0 Å². The molecule has 1 heterocycles. The van der Waals surface area contributed by atoms with E-state index in [4.69, 9.17) is 23.2 Å². The van der Waals surface area contributed by atoms with Crippen LogP contribution < -0.4 is 0 Å². The molecule has 182 valence electrons. The van der Waals surface area contributed by atoms with Crippen LogP contribution in [0.5, 0.6) is 0 Å². The normalized spacial score (nSPS) is 26.9. The summed E-state index contributed by atoms with van der Waals surface area (Å²) in [5.74, 6) is -1.23. The van der Waals surface area contributed by atoms with Crippen LogP contribution >= 0.6 is 23.2 Å². The summed E-state index contributed by atoms with van der Waals surface area (Å²) in [5.41, 5.74) is 0.749. The number of carboxylic acids is 1.